The van der Waals surface area contributed by atoms with Crippen molar-refractivity contribution in [3.63, 3.8) is 0 Å². The fraction of sp³-hybridized carbons (Fsp3) is 0.629. The van der Waals surface area contributed by atoms with Gasteiger partial charge in [0, 0.05) is 32.1 Å². The number of ether oxygens (including phenoxy) is 4. The first kappa shape index (κ1) is 41.2. The van der Waals surface area contributed by atoms with Gasteiger partial charge in [0.2, 0.25) is 17.7 Å². The lowest BCUT2D eigenvalue weighted by Crippen LogP contribution is -2.60. The maximum absolute atomic E-state index is 14.3. The van der Waals surface area contributed by atoms with Crippen molar-refractivity contribution in [2.45, 2.75) is 102 Å². The van der Waals surface area contributed by atoms with Gasteiger partial charge in [0.05, 0.1) is 22.7 Å². The number of nitrogens with one attached hydrogen (secondary N) is 3. The van der Waals surface area contributed by atoms with Crippen molar-refractivity contribution in [3.8, 4) is 11.6 Å². The van der Waals surface area contributed by atoms with E-state index in [9.17, 15) is 32.7 Å². The topological polar surface area (TPSA) is 221 Å². The van der Waals surface area contributed by atoms with Crippen LogP contribution in [0.4, 0.5) is 4.79 Å². The monoisotopic (exact) mass is 797 g/mol. The number of hydrogen-bond acceptors (Lipinski definition) is 12. The Bertz CT molecular complexity index is 1880. The number of amides is 4. The number of aromatic nitrogens is 1. The van der Waals surface area contributed by atoms with Gasteiger partial charge in [-0.2, -0.15) is 8.42 Å². The number of benzene rings is 1. The molecule has 54 heavy (non-hydrogen) atoms. The normalized spacial score (nSPS) is 23.8. The van der Waals surface area contributed by atoms with Crippen molar-refractivity contribution in [2.75, 3.05) is 27.4 Å². The third-order valence-corrected chi connectivity index (χ3v) is 11.3. The van der Waals surface area contributed by atoms with Gasteiger partial charge >= 0.3 is 16.4 Å². The van der Waals surface area contributed by atoms with Crippen LogP contribution in [0.25, 0.3) is 10.9 Å². The number of methoxy groups -OCH3 is 2. The van der Waals surface area contributed by atoms with E-state index in [2.05, 4.69) is 15.6 Å². The van der Waals surface area contributed by atoms with Crippen LogP contribution in [0.3, 0.4) is 0 Å². The van der Waals surface area contributed by atoms with Crippen LogP contribution in [-0.4, -0.2) is 110 Å². The Morgan fingerprint density at radius 3 is 2.41 bits per heavy atom. The van der Waals surface area contributed by atoms with Crippen LogP contribution < -0.4 is 24.8 Å². The van der Waals surface area contributed by atoms with Crippen molar-refractivity contribution < 1.29 is 55.8 Å². The van der Waals surface area contributed by atoms with Crippen molar-refractivity contribution >= 4 is 56.6 Å². The zero-order valence-electron chi connectivity index (χ0n) is 31.3. The molecule has 3 aliphatic rings. The first-order valence-electron chi connectivity index (χ1n) is 17.6. The molecule has 19 heteroatoms. The van der Waals surface area contributed by atoms with Crippen LogP contribution >= 0.6 is 11.6 Å². The molecule has 1 saturated heterocycles. The number of carboxylic acid groups (broad SMARTS) is 1. The zero-order chi connectivity index (χ0) is 39.8. The van der Waals surface area contributed by atoms with Crippen LogP contribution in [0.2, 0.25) is 5.02 Å². The zero-order valence-corrected chi connectivity index (χ0v) is 32.8. The Kier molecular flexibility index (Phi) is 11.9. The van der Waals surface area contributed by atoms with E-state index < -0.39 is 81.1 Å². The van der Waals surface area contributed by atoms with E-state index in [0.717, 1.165) is 0 Å². The third kappa shape index (κ3) is 9.27. The van der Waals surface area contributed by atoms with E-state index in [4.69, 9.17) is 34.7 Å². The predicted octanol–water partition coefficient (Wildman–Crippen LogP) is 3.13. The minimum Gasteiger partial charge on any atom is -0.488 e. The van der Waals surface area contributed by atoms with Crippen LogP contribution in [0.1, 0.15) is 66.7 Å². The average molecular weight is 798 g/mol. The van der Waals surface area contributed by atoms with Gasteiger partial charge in [-0.3, -0.25) is 14.4 Å². The number of nitrogens with zero attached hydrogens (tertiary/aromatic N) is 2. The molecule has 17 nitrogen and oxygen atoms in total. The molecule has 4 amide bonds. The fourth-order valence-corrected chi connectivity index (χ4v) is 7.94. The Balaban J connectivity index is 1.45. The van der Waals surface area contributed by atoms with Gasteiger partial charge in [0.1, 0.15) is 36.1 Å². The number of pyridine rings is 1. The molecule has 2 aromatic rings. The molecule has 0 radical (unpaired) electrons. The Labute approximate surface area is 318 Å². The minimum atomic E-state index is -4.49. The highest BCUT2D eigenvalue weighted by Gasteiger charge is 2.62. The maximum atomic E-state index is 14.3. The molecule has 0 bridgehead atoms. The molecule has 1 aromatic heterocycles. The van der Waals surface area contributed by atoms with Crippen molar-refractivity contribution in [1.82, 2.24) is 25.2 Å². The predicted molar refractivity (Wildman–Crippen MR) is 194 cm³/mol. The number of carbonyl (C=O) groups excluding carboxylic acids is 3. The summed E-state index contributed by atoms with van der Waals surface area (Å²) in [7, 11) is -1.57. The van der Waals surface area contributed by atoms with E-state index in [1.165, 1.54) is 25.2 Å². The second-order valence-electron chi connectivity index (χ2n) is 15.2. The smallest absolute Gasteiger partial charge is 0.405 e. The van der Waals surface area contributed by atoms with Gasteiger partial charge in [-0.25, -0.2) is 18.7 Å². The molecule has 3 fully saturated rings. The van der Waals surface area contributed by atoms with E-state index in [-0.39, 0.29) is 37.6 Å². The summed E-state index contributed by atoms with van der Waals surface area (Å²) in [5.74, 6) is -2.38. The summed E-state index contributed by atoms with van der Waals surface area (Å²) in [5, 5.41) is 15.5. The summed E-state index contributed by atoms with van der Waals surface area (Å²) >= 11 is 6.51. The molecule has 298 valence electrons. The molecule has 1 aliphatic heterocycles. The average Bonchev–Trinajstić information content (AvgIpc) is 3.95. The molecule has 5 rings (SSSR count). The Morgan fingerprint density at radius 1 is 1.15 bits per heavy atom. The first-order valence-corrected chi connectivity index (χ1v) is 19.4. The second-order valence-corrected chi connectivity index (χ2v) is 16.9. The van der Waals surface area contributed by atoms with Gasteiger partial charge in [0.15, 0.2) is 6.29 Å². The highest BCUT2D eigenvalue weighted by Crippen LogP contribution is 2.47. The minimum absolute atomic E-state index is 0.0189. The van der Waals surface area contributed by atoms with Crippen molar-refractivity contribution in [2.24, 2.45) is 11.3 Å². The lowest BCUT2D eigenvalue weighted by atomic mass is 9.85. The summed E-state index contributed by atoms with van der Waals surface area (Å²) in [6, 6.07) is 4.10. The lowest BCUT2D eigenvalue weighted by Gasteiger charge is -2.35. The third-order valence-electron chi connectivity index (χ3n) is 9.98. The largest absolute Gasteiger partial charge is 0.488 e. The van der Waals surface area contributed by atoms with Gasteiger partial charge in [-0.1, -0.05) is 51.8 Å². The molecule has 2 saturated carbocycles. The molecule has 1 aromatic carbocycles. The van der Waals surface area contributed by atoms with Crippen LogP contribution in [-0.2, 0) is 38.3 Å². The summed E-state index contributed by atoms with van der Waals surface area (Å²) in [6.07, 6.45) is -1.42. The van der Waals surface area contributed by atoms with E-state index >= 15 is 0 Å². The SMILES string of the molecule is CCC1CC1(NC(=O)C1CC(Oc2cc(OCC(OC)OC)nc3c(Cl)cccc23)CN1C(=O)C(NC(=O)O)C(C)(C)C)C(=O)NS(=O)(=O)OC1(C)CC1. The summed E-state index contributed by atoms with van der Waals surface area (Å²) in [6.45, 7) is 8.28. The van der Waals surface area contributed by atoms with Gasteiger partial charge < -0.3 is 39.6 Å². The van der Waals surface area contributed by atoms with Gasteiger partial charge in [-0.15, -0.1) is 0 Å². The van der Waals surface area contributed by atoms with Gasteiger partial charge in [0.25, 0.3) is 5.91 Å². The molecular weight excluding hydrogens is 750 g/mol. The molecule has 5 unspecified atom stereocenters. The lowest BCUT2D eigenvalue weighted by molar-refractivity contribution is -0.142. The molecule has 0 spiro atoms. The number of likely N-dealkylation sites (tertiary alicyclic amines) is 1. The highest BCUT2D eigenvalue weighted by molar-refractivity contribution is 7.85. The van der Waals surface area contributed by atoms with Gasteiger partial charge in [-0.05, 0) is 49.7 Å². The number of halogens is 1. The number of carbonyl (C=O) groups is 4. The molecule has 4 N–H and O–H groups in total. The van der Waals surface area contributed by atoms with E-state index in [1.54, 1.807) is 52.8 Å². The molecule has 2 aliphatic carbocycles. The second kappa shape index (κ2) is 15.6. The molecular formula is C35H48ClN5O12S. The number of para-hydroxylation sites is 1. The first-order chi connectivity index (χ1) is 25.2. The van der Waals surface area contributed by atoms with Crippen molar-refractivity contribution in [3.05, 3.63) is 29.3 Å². The molecule has 2 heterocycles. The summed E-state index contributed by atoms with van der Waals surface area (Å²) in [4.78, 5) is 59.6. The standard InChI is InChI=1S/C35H48ClN5O12S/c1-8-19-16-35(19,31(44)40-54(47,48)53-34(5)12-13-34)39-29(42)23-14-20(17-41(23)30(43)28(33(2,3)4)38-32(45)46)52-24-15-25(51-18-26(49-6)50-7)37-27-21(24)10-9-11-22(27)36/h9-11,15,19-20,23,26,28,38H,8,12-14,16-18H2,1-7H3,(H,39,42)(H,40,44)(H,45,46). The van der Waals surface area contributed by atoms with E-state index in [1.807, 2.05) is 4.72 Å². The van der Waals surface area contributed by atoms with E-state index in [0.29, 0.717) is 35.2 Å². The summed E-state index contributed by atoms with van der Waals surface area (Å²) in [5.41, 5.74) is -3.04. The Hall–Kier alpha value is -3.97. The molecule has 5 atom stereocenters. The fourth-order valence-electron chi connectivity index (χ4n) is 6.57. The summed E-state index contributed by atoms with van der Waals surface area (Å²) < 4.78 is 55.3. The Morgan fingerprint density at radius 2 is 1.83 bits per heavy atom. The number of hydrogen-bond donors (Lipinski definition) is 4. The number of fused-ring (bicyclic) bond motifs is 1. The maximum Gasteiger partial charge on any atom is 0.405 e. The highest BCUT2D eigenvalue weighted by atomic mass is 35.5. The quantitative estimate of drug-likeness (QED) is 0.180. The number of rotatable bonds is 16. The van der Waals surface area contributed by atoms with Crippen LogP contribution in [0, 0.1) is 11.3 Å². The van der Waals surface area contributed by atoms with Crippen molar-refractivity contribution in [1.29, 1.82) is 0 Å². The van der Waals surface area contributed by atoms with Crippen LogP contribution in [0.15, 0.2) is 24.3 Å². The van der Waals surface area contributed by atoms with Crippen LogP contribution in [0.5, 0.6) is 11.6 Å².